The van der Waals surface area contributed by atoms with E-state index in [2.05, 4.69) is 9.80 Å². The van der Waals surface area contributed by atoms with E-state index in [0.717, 1.165) is 44.7 Å². The second kappa shape index (κ2) is 8.40. The Balaban J connectivity index is 1.73. The highest BCUT2D eigenvalue weighted by Gasteiger charge is 2.22. The molecular formula is C18H27N3O4. The minimum Gasteiger partial charge on any atom is -0.459 e. The Morgan fingerprint density at radius 2 is 1.84 bits per heavy atom. The van der Waals surface area contributed by atoms with Crippen LogP contribution in [0.4, 0.5) is 5.69 Å². The van der Waals surface area contributed by atoms with Gasteiger partial charge in [-0.05, 0) is 32.8 Å². The highest BCUT2D eigenvalue weighted by atomic mass is 16.6. The van der Waals surface area contributed by atoms with E-state index in [9.17, 15) is 14.9 Å². The monoisotopic (exact) mass is 349 g/mol. The molecule has 0 amide bonds. The van der Waals surface area contributed by atoms with Crippen LogP contribution in [0.15, 0.2) is 24.3 Å². The second-order valence-electron chi connectivity index (χ2n) is 7.38. The molecule has 1 heterocycles. The molecule has 7 heteroatoms. The van der Waals surface area contributed by atoms with Crippen LogP contribution in [-0.2, 0) is 16.0 Å². The van der Waals surface area contributed by atoms with Gasteiger partial charge in [0.2, 0.25) is 0 Å². The lowest BCUT2D eigenvalue weighted by Crippen LogP contribution is -2.49. The number of carbonyl (C=O) groups excluding carboxylic acids is 1. The number of hydrogen-bond donors (Lipinski definition) is 0. The van der Waals surface area contributed by atoms with Gasteiger partial charge in [0.05, 0.1) is 11.5 Å². The third-order valence-corrected chi connectivity index (χ3v) is 4.08. The lowest BCUT2D eigenvalue weighted by molar-refractivity contribution is -0.384. The Labute approximate surface area is 148 Å². The third kappa shape index (κ3) is 6.80. The maximum atomic E-state index is 11.9. The van der Waals surface area contributed by atoms with E-state index in [1.54, 1.807) is 12.1 Å². The van der Waals surface area contributed by atoms with E-state index in [-0.39, 0.29) is 16.6 Å². The molecule has 1 aromatic rings. The van der Waals surface area contributed by atoms with Crippen molar-refractivity contribution in [1.29, 1.82) is 0 Å². The number of ether oxygens (including phenoxy) is 1. The molecule has 0 saturated carbocycles. The maximum Gasteiger partial charge on any atom is 0.320 e. The first-order valence-corrected chi connectivity index (χ1v) is 8.63. The van der Waals surface area contributed by atoms with Crippen LogP contribution in [-0.4, -0.2) is 65.6 Å². The number of nitro groups is 1. The van der Waals surface area contributed by atoms with E-state index in [1.807, 2.05) is 26.8 Å². The van der Waals surface area contributed by atoms with Gasteiger partial charge in [0, 0.05) is 44.9 Å². The van der Waals surface area contributed by atoms with Gasteiger partial charge in [0.1, 0.15) is 5.60 Å². The zero-order valence-electron chi connectivity index (χ0n) is 15.2. The first-order chi connectivity index (χ1) is 11.7. The first kappa shape index (κ1) is 19.3. The van der Waals surface area contributed by atoms with Crippen LogP contribution < -0.4 is 0 Å². The summed E-state index contributed by atoms with van der Waals surface area (Å²) in [7, 11) is 0. The summed E-state index contributed by atoms with van der Waals surface area (Å²) in [5.74, 6) is -0.183. The van der Waals surface area contributed by atoms with Crippen molar-refractivity contribution in [2.24, 2.45) is 0 Å². The highest BCUT2D eigenvalue weighted by Crippen LogP contribution is 2.14. The van der Waals surface area contributed by atoms with Crippen molar-refractivity contribution in [3.8, 4) is 0 Å². The molecule has 0 spiro atoms. The summed E-state index contributed by atoms with van der Waals surface area (Å²) in [6.07, 6.45) is 0.785. The summed E-state index contributed by atoms with van der Waals surface area (Å²) in [6, 6.07) is 6.80. The van der Waals surface area contributed by atoms with Crippen LogP contribution in [0.25, 0.3) is 0 Å². The van der Waals surface area contributed by atoms with Crippen molar-refractivity contribution in [3.05, 3.63) is 39.9 Å². The number of hydrogen-bond acceptors (Lipinski definition) is 6. The minimum absolute atomic E-state index is 0.139. The summed E-state index contributed by atoms with van der Waals surface area (Å²) < 4.78 is 5.35. The molecule has 0 aliphatic carbocycles. The van der Waals surface area contributed by atoms with Crippen LogP contribution in [0.5, 0.6) is 0 Å². The van der Waals surface area contributed by atoms with E-state index < -0.39 is 5.60 Å². The van der Waals surface area contributed by atoms with Crippen LogP contribution in [0.2, 0.25) is 0 Å². The van der Waals surface area contributed by atoms with Crippen LogP contribution in [0.1, 0.15) is 26.3 Å². The molecule has 1 aliphatic rings. The zero-order valence-corrected chi connectivity index (χ0v) is 15.2. The van der Waals surface area contributed by atoms with E-state index >= 15 is 0 Å². The molecular weight excluding hydrogens is 322 g/mol. The molecule has 0 aromatic heterocycles. The summed E-state index contributed by atoms with van der Waals surface area (Å²) in [4.78, 5) is 26.8. The summed E-state index contributed by atoms with van der Waals surface area (Å²) in [5.41, 5.74) is 0.669. The maximum absolute atomic E-state index is 11.9. The highest BCUT2D eigenvalue weighted by molar-refractivity contribution is 5.72. The van der Waals surface area contributed by atoms with Gasteiger partial charge in [-0.1, -0.05) is 12.1 Å². The molecule has 1 aliphatic heterocycles. The van der Waals surface area contributed by atoms with Crippen molar-refractivity contribution in [2.75, 3.05) is 39.3 Å². The minimum atomic E-state index is -0.447. The fourth-order valence-electron chi connectivity index (χ4n) is 2.84. The first-order valence-electron chi connectivity index (χ1n) is 8.63. The number of benzene rings is 1. The van der Waals surface area contributed by atoms with Gasteiger partial charge < -0.3 is 9.64 Å². The normalized spacial score (nSPS) is 16.6. The van der Waals surface area contributed by atoms with Gasteiger partial charge in [-0.25, -0.2) is 0 Å². The van der Waals surface area contributed by atoms with Gasteiger partial charge in [0.15, 0.2) is 0 Å². The average molecular weight is 349 g/mol. The van der Waals surface area contributed by atoms with Crippen LogP contribution >= 0.6 is 0 Å². The number of carbonyl (C=O) groups is 1. The van der Waals surface area contributed by atoms with E-state index in [4.69, 9.17) is 4.74 Å². The van der Waals surface area contributed by atoms with E-state index in [0.29, 0.717) is 6.54 Å². The molecule has 1 aromatic carbocycles. The van der Waals surface area contributed by atoms with Crippen molar-refractivity contribution < 1.29 is 14.5 Å². The van der Waals surface area contributed by atoms with E-state index in [1.165, 1.54) is 6.07 Å². The molecule has 0 atom stereocenters. The SMILES string of the molecule is CC(C)(C)OC(=O)CN1CCN(CCc2cccc([N+](=O)[O-])c2)CC1. The number of nitro benzene ring substituents is 1. The van der Waals surface area contributed by atoms with Crippen molar-refractivity contribution in [2.45, 2.75) is 32.8 Å². The van der Waals surface area contributed by atoms with Gasteiger partial charge in [0.25, 0.3) is 5.69 Å². The van der Waals surface area contributed by atoms with Crippen LogP contribution in [0.3, 0.4) is 0 Å². The third-order valence-electron chi connectivity index (χ3n) is 4.08. The van der Waals surface area contributed by atoms with Gasteiger partial charge in [-0.15, -0.1) is 0 Å². The Bertz CT molecular complexity index is 605. The molecule has 25 heavy (non-hydrogen) atoms. The topological polar surface area (TPSA) is 75.9 Å². The molecule has 0 bridgehead atoms. The molecule has 7 nitrogen and oxygen atoms in total. The Kier molecular flexibility index (Phi) is 6.50. The lowest BCUT2D eigenvalue weighted by Gasteiger charge is -2.34. The number of piperazine rings is 1. The largest absolute Gasteiger partial charge is 0.459 e. The Morgan fingerprint density at radius 3 is 2.44 bits per heavy atom. The number of esters is 1. The summed E-state index contributed by atoms with van der Waals surface area (Å²) in [6.45, 7) is 10.2. The van der Waals surface area contributed by atoms with Gasteiger partial charge in [-0.2, -0.15) is 0 Å². The number of non-ortho nitro benzene ring substituents is 1. The number of rotatable bonds is 6. The van der Waals surface area contributed by atoms with Crippen molar-refractivity contribution >= 4 is 11.7 Å². The molecule has 2 rings (SSSR count). The predicted octanol–water partition coefficient (Wildman–Crippen LogP) is 2.10. The average Bonchev–Trinajstić information content (AvgIpc) is 2.52. The predicted molar refractivity (Wildman–Crippen MR) is 95.5 cm³/mol. The molecule has 1 fully saturated rings. The molecule has 138 valence electrons. The van der Waals surface area contributed by atoms with Crippen molar-refractivity contribution in [1.82, 2.24) is 9.80 Å². The zero-order chi connectivity index (χ0) is 18.4. The smallest absolute Gasteiger partial charge is 0.320 e. The fourth-order valence-corrected chi connectivity index (χ4v) is 2.84. The second-order valence-corrected chi connectivity index (χ2v) is 7.38. The quantitative estimate of drug-likeness (QED) is 0.445. The lowest BCUT2D eigenvalue weighted by atomic mass is 10.1. The van der Waals surface area contributed by atoms with Crippen molar-refractivity contribution in [3.63, 3.8) is 0 Å². The molecule has 0 unspecified atom stereocenters. The number of nitrogens with zero attached hydrogens (tertiary/aromatic N) is 3. The molecule has 0 radical (unpaired) electrons. The summed E-state index contributed by atoms with van der Waals surface area (Å²) >= 11 is 0. The van der Waals surface area contributed by atoms with Gasteiger partial charge >= 0.3 is 5.97 Å². The Hall–Kier alpha value is -1.99. The Morgan fingerprint density at radius 1 is 1.20 bits per heavy atom. The van der Waals surface area contributed by atoms with Crippen LogP contribution in [0, 0.1) is 10.1 Å². The summed E-state index contributed by atoms with van der Waals surface area (Å²) in [5, 5.41) is 10.8. The molecule has 0 N–H and O–H groups in total. The standard InChI is InChI=1S/C18H27N3O4/c1-18(2,3)25-17(22)14-20-11-9-19(10-12-20)8-7-15-5-4-6-16(13-15)21(23)24/h4-6,13H,7-12,14H2,1-3H3. The van der Waals surface area contributed by atoms with Gasteiger partial charge in [-0.3, -0.25) is 19.8 Å². The molecule has 1 saturated heterocycles. The fraction of sp³-hybridized carbons (Fsp3) is 0.611.